The van der Waals surface area contributed by atoms with E-state index in [1.54, 1.807) is 11.3 Å². The van der Waals surface area contributed by atoms with Crippen LogP contribution >= 0.6 is 11.3 Å². The summed E-state index contributed by atoms with van der Waals surface area (Å²) >= 11 is 1.66. The van der Waals surface area contributed by atoms with Crippen molar-refractivity contribution in [1.82, 2.24) is 20.1 Å². The smallest absolute Gasteiger partial charge is 0.318 e. The van der Waals surface area contributed by atoms with Gasteiger partial charge < -0.3 is 15.0 Å². The maximum Gasteiger partial charge on any atom is 0.318 e. The van der Waals surface area contributed by atoms with E-state index >= 15 is 0 Å². The molecular weight excluding hydrogens is 300 g/mol. The number of nitrogens with one attached hydrogen (secondary N) is 1. The van der Waals surface area contributed by atoms with E-state index in [0.717, 1.165) is 56.5 Å². The van der Waals surface area contributed by atoms with Crippen molar-refractivity contribution in [3.63, 3.8) is 0 Å². The molecule has 0 spiro atoms. The van der Waals surface area contributed by atoms with Crippen LogP contribution in [-0.4, -0.2) is 66.2 Å². The molecule has 0 aromatic carbocycles. The minimum atomic E-state index is -0.0512. The fraction of sp³-hybridized carbons (Fsp3) is 0.733. The quantitative estimate of drug-likeness (QED) is 0.915. The lowest BCUT2D eigenvalue weighted by Crippen LogP contribution is -2.60. The number of thiazole rings is 1. The fourth-order valence-electron chi connectivity index (χ4n) is 2.97. The fourth-order valence-corrected chi connectivity index (χ4v) is 3.81. The van der Waals surface area contributed by atoms with Gasteiger partial charge in [-0.05, 0) is 13.3 Å². The Morgan fingerprint density at radius 2 is 2.41 bits per heavy atom. The molecule has 7 heteroatoms. The first-order chi connectivity index (χ1) is 10.7. The zero-order valence-corrected chi connectivity index (χ0v) is 14.1. The van der Waals surface area contributed by atoms with Crippen LogP contribution in [0.1, 0.15) is 30.6 Å². The minimum absolute atomic E-state index is 0.00349. The number of carbonyl (C=O) groups excluding carboxylic acids is 1. The van der Waals surface area contributed by atoms with Crippen molar-refractivity contribution in [1.29, 1.82) is 0 Å². The summed E-state index contributed by atoms with van der Waals surface area (Å²) in [6.07, 6.45) is 0.939. The first-order valence-corrected chi connectivity index (χ1v) is 8.87. The second-order valence-corrected chi connectivity index (χ2v) is 6.84. The average molecular weight is 324 g/mol. The second kappa shape index (κ2) is 6.93. The Kier molecular flexibility index (Phi) is 4.95. The standard InChI is InChI=1S/C15H24N4O2S/c1-3-14-17-13(10-22-14)11(2)16-15(20)19-5-4-18-6-7-21-9-12(18)8-19/h10-12H,3-9H2,1-2H3,(H,16,20). The molecule has 1 N–H and O–H groups in total. The minimum Gasteiger partial charge on any atom is -0.378 e. The van der Waals surface area contributed by atoms with E-state index in [-0.39, 0.29) is 12.1 Å². The van der Waals surface area contributed by atoms with Gasteiger partial charge in [-0.25, -0.2) is 9.78 Å². The molecule has 0 aliphatic carbocycles. The van der Waals surface area contributed by atoms with Crippen LogP contribution in [0.4, 0.5) is 4.79 Å². The van der Waals surface area contributed by atoms with Gasteiger partial charge in [-0.2, -0.15) is 0 Å². The first kappa shape index (κ1) is 15.7. The van der Waals surface area contributed by atoms with E-state index in [2.05, 4.69) is 22.1 Å². The number of hydrogen-bond donors (Lipinski definition) is 1. The molecule has 0 bridgehead atoms. The van der Waals surface area contributed by atoms with Crippen molar-refractivity contribution in [2.75, 3.05) is 39.4 Å². The largest absolute Gasteiger partial charge is 0.378 e. The molecule has 3 rings (SSSR count). The van der Waals surface area contributed by atoms with Gasteiger partial charge in [0.1, 0.15) is 0 Å². The van der Waals surface area contributed by atoms with Crippen molar-refractivity contribution in [3.05, 3.63) is 16.1 Å². The van der Waals surface area contributed by atoms with Gasteiger partial charge in [-0.3, -0.25) is 4.90 Å². The van der Waals surface area contributed by atoms with Gasteiger partial charge in [0.05, 0.1) is 36.0 Å². The van der Waals surface area contributed by atoms with Crippen molar-refractivity contribution in [2.24, 2.45) is 0 Å². The van der Waals surface area contributed by atoms with Gasteiger partial charge in [0.2, 0.25) is 0 Å². The molecule has 2 amide bonds. The molecule has 0 radical (unpaired) electrons. The molecular formula is C15H24N4O2S. The number of nitrogens with zero attached hydrogens (tertiary/aromatic N) is 3. The van der Waals surface area contributed by atoms with Crippen LogP contribution in [0.15, 0.2) is 5.38 Å². The average Bonchev–Trinajstić information content (AvgIpc) is 3.03. The summed E-state index contributed by atoms with van der Waals surface area (Å²) in [5.74, 6) is 0. The Hall–Kier alpha value is -1.18. The number of hydrogen-bond acceptors (Lipinski definition) is 5. The molecule has 3 heterocycles. The third kappa shape index (κ3) is 3.42. The number of aromatic nitrogens is 1. The number of piperazine rings is 1. The predicted octanol–water partition coefficient (Wildman–Crippen LogP) is 1.49. The van der Waals surface area contributed by atoms with Crippen LogP contribution in [-0.2, 0) is 11.2 Å². The number of carbonyl (C=O) groups is 1. The summed E-state index contributed by atoms with van der Waals surface area (Å²) in [5.41, 5.74) is 0.954. The van der Waals surface area contributed by atoms with Crippen LogP contribution in [0, 0.1) is 0 Å². The monoisotopic (exact) mass is 324 g/mol. The van der Waals surface area contributed by atoms with Crippen molar-refractivity contribution in [3.8, 4) is 0 Å². The third-order valence-corrected chi connectivity index (χ3v) is 5.39. The Morgan fingerprint density at radius 1 is 1.55 bits per heavy atom. The van der Waals surface area contributed by atoms with Gasteiger partial charge in [0.15, 0.2) is 0 Å². The highest BCUT2D eigenvalue weighted by molar-refractivity contribution is 7.09. The van der Waals surface area contributed by atoms with Crippen LogP contribution in [0.3, 0.4) is 0 Å². The molecule has 22 heavy (non-hydrogen) atoms. The van der Waals surface area contributed by atoms with Gasteiger partial charge in [0, 0.05) is 31.6 Å². The van der Waals surface area contributed by atoms with Crippen molar-refractivity contribution in [2.45, 2.75) is 32.4 Å². The number of fused-ring (bicyclic) bond motifs is 1. The lowest BCUT2D eigenvalue weighted by molar-refractivity contribution is -0.0366. The highest BCUT2D eigenvalue weighted by Gasteiger charge is 2.32. The highest BCUT2D eigenvalue weighted by Crippen LogP contribution is 2.18. The second-order valence-electron chi connectivity index (χ2n) is 5.90. The summed E-state index contributed by atoms with van der Waals surface area (Å²) in [6.45, 7) is 9.07. The normalized spacial score (nSPS) is 23.9. The van der Waals surface area contributed by atoms with Crippen LogP contribution in [0.25, 0.3) is 0 Å². The van der Waals surface area contributed by atoms with E-state index in [1.807, 2.05) is 17.2 Å². The van der Waals surface area contributed by atoms with Crippen LogP contribution in [0.5, 0.6) is 0 Å². The topological polar surface area (TPSA) is 57.7 Å². The third-order valence-electron chi connectivity index (χ3n) is 4.38. The molecule has 2 fully saturated rings. The molecule has 2 aliphatic rings. The molecule has 2 aliphatic heterocycles. The first-order valence-electron chi connectivity index (χ1n) is 7.99. The Bertz CT molecular complexity index is 521. The van der Waals surface area contributed by atoms with E-state index in [0.29, 0.717) is 6.04 Å². The molecule has 122 valence electrons. The number of ether oxygens (including phenoxy) is 1. The van der Waals surface area contributed by atoms with E-state index in [9.17, 15) is 4.79 Å². The van der Waals surface area contributed by atoms with Crippen LogP contribution < -0.4 is 5.32 Å². The molecule has 1 aromatic heterocycles. The van der Waals surface area contributed by atoms with Crippen molar-refractivity contribution >= 4 is 17.4 Å². The van der Waals surface area contributed by atoms with E-state index in [1.165, 1.54) is 0 Å². The van der Waals surface area contributed by atoms with Crippen LogP contribution in [0.2, 0.25) is 0 Å². The molecule has 6 nitrogen and oxygen atoms in total. The number of rotatable bonds is 3. The zero-order valence-electron chi connectivity index (χ0n) is 13.2. The van der Waals surface area contributed by atoms with Gasteiger partial charge in [-0.15, -0.1) is 11.3 Å². The van der Waals surface area contributed by atoms with E-state index in [4.69, 9.17) is 4.74 Å². The van der Waals surface area contributed by atoms with Gasteiger partial charge in [-0.1, -0.05) is 6.92 Å². The number of aryl methyl sites for hydroxylation is 1. The maximum absolute atomic E-state index is 12.5. The molecule has 0 saturated carbocycles. The summed E-state index contributed by atoms with van der Waals surface area (Å²) < 4.78 is 5.52. The summed E-state index contributed by atoms with van der Waals surface area (Å²) in [4.78, 5) is 21.3. The SMILES string of the molecule is CCc1nc(C(C)NC(=O)N2CCN3CCOCC3C2)cs1. The number of urea groups is 1. The number of amides is 2. The predicted molar refractivity (Wildman–Crippen MR) is 86.2 cm³/mol. The Balaban J connectivity index is 1.55. The zero-order chi connectivity index (χ0) is 15.5. The van der Waals surface area contributed by atoms with Gasteiger partial charge >= 0.3 is 6.03 Å². The molecule has 2 unspecified atom stereocenters. The number of morpholine rings is 1. The van der Waals surface area contributed by atoms with E-state index < -0.39 is 0 Å². The summed E-state index contributed by atoms with van der Waals surface area (Å²) in [6, 6.07) is 0.294. The Labute approximate surface area is 135 Å². The molecule has 2 atom stereocenters. The van der Waals surface area contributed by atoms with Crippen molar-refractivity contribution < 1.29 is 9.53 Å². The lowest BCUT2D eigenvalue weighted by atomic mass is 10.1. The summed E-state index contributed by atoms with van der Waals surface area (Å²) in [7, 11) is 0. The maximum atomic E-state index is 12.5. The highest BCUT2D eigenvalue weighted by atomic mass is 32.1. The lowest BCUT2D eigenvalue weighted by Gasteiger charge is -2.43. The molecule has 2 saturated heterocycles. The molecule has 1 aromatic rings. The summed E-state index contributed by atoms with van der Waals surface area (Å²) in [5, 5.41) is 6.22. The Morgan fingerprint density at radius 3 is 3.18 bits per heavy atom. The van der Waals surface area contributed by atoms with Gasteiger partial charge in [0.25, 0.3) is 0 Å².